The van der Waals surface area contributed by atoms with E-state index in [0.717, 1.165) is 114 Å². The van der Waals surface area contributed by atoms with Crippen molar-refractivity contribution in [3.8, 4) is 0 Å². The first kappa shape index (κ1) is 85.3. The van der Waals surface area contributed by atoms with Crippen LogP contribution in [0, 0.1) is 18.8 Å². The van der Waals surface area contributed by atoms with Gasteiger partial charge in [0.05, 0.1) is 99.6 Å². The summed E-state index contributed by atoms with van der Waals surface area (Å²) in [5.41, 5.74) is 42.8. The van der Waals surface area contributed by atoms with Crippen LogP contribution in [0.4, 0.5) is 22.2 Å². The van der Waals surface area contributed by atoms with Crippen LogP contribution in [0.1, 0.15) is 194 Å². The molecule has 12 aliphatic rings. The van der Waals surface area contributed by atoms with E-state index in [1.165, 1.54) is 101 Å². The summed E-state index contributed by atoms with van der Waals surface area (Å²) in [4.78, 5) is 23.8. The fraction of sp³-hybridized carbons (Fsp3) is 0.357. The molecule has 12 N–H and O–H groups in total. The van der Waals surface area contributed by atoms with Crippen molar-refractivity contribution in [2.75, 3.05) is 16.4 Å². The van der Waals surface area contributed by atoms with Crippen molar-refractivity contribution in [2.24, 2.45) is 32.1 Å². The molecule has 20 rings (SSSR count). The maximum absolute atomic E-state index is 6.09. The number of dihydropyridines is 3. The molecule has 0 spiro atoms. The van der Waals surface area contributed by atoms with Crippen LogP contribution in [0.3, 0.4) is 0 Å². The van der Waals surface area contributed by atoms with Gasteiger partial charge in [-0.25, -0.2) is 19.9 Å². The zero-order valence-corrected chi connectivity index (χ0v) is 74.2. The monoisotopic (exact) mass is 1700 g/mol. The number of nitrogens with one attached hydrogen (secondary N) is 10. The number of aromatic nitrogens is 9. The number of benzene rings is 2. The van der Waals surface area contributed by atoms with E-state index in [1.54, 1.807) is 29.2 Å². The molecule has 12 atom stereocenters. The Morgan fingerprint density at radius 1 is 0.758 bits per heavy atom. The second kappa shape index (κ2) is 36.3. The summed E-state index contributed by atoms with van der Waals surface area (Å²) in [6.45, 7) is 37.5. The molecule has 124 heavy (non-hydrogen) atoms. The number of fused-ring (bicyclic) bond motifs is 11. The molecule has 7 aliphatic heterocycles. The topological polar surface area (TPSA) is 278 Å². The SMILES string of the molecule is C=CC1NN=CC1C1=CNC(C2=CC3Sc4ncc(NC(C)(C)C)n4C3C=C2)C2=C1CCC2.C=Cc1[nH]ncc1C1=CNC(c2ccc3c(c2)sc2ncc(N)n23)C2=C1CCC2.C=Cc1ncc(NC(C)(C)C)n1/C=C/C1NC2=C(C(C)=C1CCC)C1C=NNC1C=C2.C=NC(Cc1ccccc1)N/C=C/c1nc2c(c(C)c1CCC)C1C=NNC1C=C2.F. The standard InChI is InChI=1S/C26H32N6S.C25H34N6.C25H29N5.C22H20N6S.FH/c1-5-20-19(13-29-31-20)18-12-27-24(17-8-6-7-16(17)18)15-9-10-21-22(11-15)33-25-28-14-23(32(21)25)30-26(2,3)4;1-7-9-17-16(3)24-18-14-27-30-20(18)10-11-21(24)28-19(17)12-13-31-22(8-2)26-15-23(31)29-25(4,5)6;1-4-8-19-17(2)25-20-16-28-30-22(20)11-12-23(25)29-21(19)13-14-27-24(26-3)15-18-9-6-5-7-10-18;1-2-17-16(10-26-27-17)15-9-24-21(14-5-3-4-13(14)15)12-6-7-18-19(8-12)29-22-25-11-20(23)28(18)22;/h5,9-14,19-22,24,27,30-31H,1,6-8H2,2-4H3;8,10-15,18-20,28-30H,2,7,9H2,1,3-6H3;5-7,9-14,16,20,22,24,27,30H,3-4,8,15H2,1-2H3;2,6-11,21,24H,1,3-5,23H2,(H,26,27);1H/b;13-12+;14-13+;;. The molecule has 26 heteroatoms. The van der Waals surface area contributed by atoms with E-state index in [-0.39, 0.29) is 70.0 Å². The lowest BCUT2D eigenvalue weighted by atomic mass is 9.77. The average Bonchev–Trinajstić information content (AvgIpc) is 1.66. The fourth-order valence-electron chi connectivity index (χ4n) is 19.3. The van der Waals surface area contributed by atoms with Gasteiger partial charge in [0, 0.05) is 95.5 Å². The molecule has 12 unspecified atom stereocenters. The van der Waals surface area contributed by atoms with Gasteiger partial charge in [-0.05, 0) is 240 Å². The highest BCUT2D eigenvalue weighted by atomic mass is 32.2. The van der Waals surface area contributed by atoms with Gasteiger partial charge in [0.1, 0.15) is 29.4 Å². The molecular formula is C98H116FN23S2. The molecule has 642 valence electrons. The number of aromatic amines is 1. The molecule has 0 amide bonds. The number of imidazole rings is 3. The predicted molar refractivity (Wildman–Crippen MR) is 514 cm³/mol. The van der Waals surface area contributed by atoms with Crippen LogP contribution in [0.5, 0.6) is 0 Å². The number of thiazole rings is 1. The van der Waals surface area contributed by atoms with Crippen LogP contribution in [0.25, 0.3) is 51.3 Å². The lowest BCUT2D eigenvalue weighted by Gasteiger charge is -2.36. The Hall–Kier alpha value is -12.3. The minimum Gasteiger partial charge on any atom is -0.383 e. The van der Waals surface area contributed by atoms with Gasteiger partial charge in [-0.3, -0.25) is 28.3 Å². The Labute approximate surface area is 735 Å². The van der Waals surface area contributed by atoms with Crippen LogP contribution < -0.4 is 53.9 Å². The third-order valence-corrected chi connectivity index (χ3v) is 27.2. The van der Waals surface area contributed by atoms with Crippen molar-refractivity contribution >= 4 is 117 Å². The van der Waals surface area contributed by atoms with E-state index >= 15 is 0 Å². The number of thioether (sulfide) groups is 1. The van der Waals surface area contributed by atoms with Gasteiger partial charge < -0.3 is 53.9 Å². The molecule has 13 heterocycles. The molecule has 0 saturated carbocycles. The van der Waals surface area contributed by atoms with Crippen molar-refractivity contribution in [3.05, 3.63) is 272 Å². The highest BCUT2D eigenvalue weighted by Gasteiger charge is 2.42. The highest BCUT2D eigenvalue weighted by Crippen LogP contribution is 2.50. The van der Waals surface area contributed by atoms with Gasteiger partial charge in [-0.1, -0.05) is 136 Å². The number of rotatable bonds is 21. The summed E-state index contributed by atoms with van der Waals surface area (Å²) in [5, 5.41) is 43.4. The number of allylic oxidation sites excluding steroid dienone is 6. The zero-order chi connectivity index (χ0) is 85.4. The van der Waals surface area contributed by atoms with Crippen LogP contribution in [-0.4, -0.2) is 122 Å². The third kappa shape index (κ3) is 17.1. The second-order valence-corrected chi connectivity index (χ2v) is 37.5. The van der Waals surface area contributed by atoms with E-state index < -0.39 is 0 Å². The first-order valence-electron chi connectivity index (χ1n) is 43.5. The number of nitrogens with zero attached hydrogens (tertiary/aromatic N) is 12. The van der Waals surface area contributed by atoms with E-state index in [9.17, 15) is 0 Å². The van der Waals surface area contributed by atoms with Crippen LogP contribution in [-0.2, 0) is 12.8 Å². The Morgan fingerprint density at radius 3 is 2.24 bits per heavy atom. The lowest BCUT2D eigenvalue weighted by Crippen LogP contribution is -2.39. The highest BCUT2D eigenvalue weighted by molar-refractivity contribution is 8.00. The summed E-state index contributed by atoms with van der Waals surface area (Å²) >= 11 is 3.55. The van der Waals surface area contributed by atoms with Crippen molar-refractivity contribution in [3.63, 3.8) is 0 Å². The molecule has 8 aromatic rings. The number of anilines is 3. The van der Waals surface area contributed by atoms with Crippen molar-refractivity contribution in [1.82, 2.24) is 81.2 Å². The van der Waals surface area contributed by atoms with E-state index in [4.69, 9.17) is 15.7 Å². The number of H-pyrrole nitrogens is 1. The number of halogens is 1. The molecule has 0 saturated heterocycles. The molecule has 0 bridgehead atoms. The average molecular weight is 1700 g/mol. The lowest BCUT2D eigenvalue weighted by molar-refractivity contribution is 0.568. The van der Waals surface area contributed by atoms with Crippen LogP contribution >= 0.6 is 23.1 Å². The zero-order valence-electron chi connectivity index (χ0n) is 72.6. The van der Waals surface area contributed by atoms with E-state index in [0.29, 0.717) is 23.0 Å². The Balaban J connectivity index is 0.000000122. The summed E-state index contributed by atoms with van der Waals surface area (Å²) in [5.74, 6) is 4.40. The van der Waals surface area contributed by atoms with Crippen molar-refractivity contribution in [2.45, 2.75) is 216 Å². The maximum atomic E-state index is 6.09. The quantitative estimate of drug-likeness (QED) is 0.0236. The van der Waals surface area contributed by atoms with Gasteiger partial charge >= 0.3 is 0 Å². The van der Waals surface area contributed by atoms with Crippen LogP contribution in [0.2, 0.25) is 0 Å². The summed E-state index contributed by atoms with van der Waals surface area (Å²) in [6.07, 6.45) is 59.7. The number of hydrogen-bond donors (Lipinski definition) is 11. The minimum atomic E-state index is -0.0709. The minimum absolute atomic E-state index is 0. The largest absolute Gasteiger partial charge is 0.383 e. The Morgan fingerprint density at radius 2 is 1.48 bits per heavy atom. The van der Waals surface area contributed by atoms with Gasteiger partial charge in [-0.15, -0.1) is 6.58 Å². The van der Waals surface area contributed by atoms with Gasteiger partial charge in [0.25, 0.3) is 0 Å². The van der Waals surface area contributed by atoms with E-state index in [1.807, 2.05) is 89.9 Å². The summed E-state index contributed by atoms with van der Waals surface area (Å²) < 4.78 is 7.66. The number of pyridine rings is 1. The third-order valence-electron chi connectivity index (χ3n) is 25.0. The van der Waals surface area contributed by atoms with Crippen LogP contribution in [0.15, 0.2) is 242 Å². The molecule has 0 radical (unpaired) electrons. The maximum Gasteiger partial charge on any atom is 0.196 e. The summed E-state index contributed by atoms with van der Waals surface area (Å²) in [6, 6.07) is 18.6. The second-order valence-electron chi connectivity index (χ2n) is 35.4. The molecule has 2 aromatic carbocycles. The van der Waals surface area contributed by atoms with Crippen molar-refractivity contribution < 1.29 is 4.70 Å². The molecule has 6 aromatic heterocycles. The number of nitrogen functional groups attached to an aromatic ring is 1. The predicted octanol–water partition coefficient (Wildman–Crippen LogP) is 18.5. The number of aliphatic imine (C=N–C) groups is 1. The fourth-order valence-corrected chi connectivity index (χ4v) is 21.7. The summed E-state index contributed by atoms with van der Waals surface area (Å²) in [7, 11) is 0. The first-order valence-corrected chi connectivity index (χ1v) is 45.2. The smallest absolute Gasteiger partial charge is 0.196 e. The van der Waals surface area contributed by atoms with Gasteiger partial charge in [-0.2, -0.15) is 20.4 Å². The first-order chi connectivity index (χ1) is 59.7. The number of nitrogens with two attached hydrogens (primary N) is 1. The number of hydrazone groups is 3. The van der Waals surface area contributed by atoms with E-state index in [2.05, 4.69) is 297 Å². The molecule has 5 aliphatic carbocycles. The van der Waals surface area contributed by atoms with Crippen molar-refractivity contribution in [1.29, 1.82) is 0 Å². The normalized spacial score (nSPS) is 24.0. The Kier molecular flexibility index (Phi) is 24.9. The Bertz CT molecular complexity index is 5930. The van der Waals surface area contributed by atoms with Gasteiger partial charge in [0.2, 0.25) is 0 Å². The van der Waals surface area contributed by atoms with Gasteiger partial charge in [0.15, 0.2) is 10.1 Å². The molecular weight excluding hydrogens is 1580 g/mol. The molecule has 23 nitrogen and oxygen atoms in total. The number of hydrogen-bond acceptors (Lipinski definition) is 21. The molecule has 0 fully saturated rings.